The number of hydrogen-bond donors (Lipinski definition) is 4. The lowest BCUT2D eigenvalue weighted by Crippen LogP contribution is -2.17. The van der Waals surface area contributed by atoms with Crippen molar-refractivity contribution < 1.29 is 19.8 Å². The standard InChI is InChI=1S/C24H30N4O4/c29-21-13-9-7-11-19(21)17-25-27-23(31)15-5-3-1-2-4-6-16-24(32)28-26-18-20-12-8-10-14-22(20)30/h7-14,17-18,29-30H,1-6,15-16H2,(H,27,31)(H,28,32). The van der Waals surface area contributed by atoms with E-state index in [9.17, 15) is 19.8 Å². The van der Waals surface area contributed by atoms with Crippen molar-refractivity contribution in [1.82, 2.24) is 10.9 Å². The minimum absolute atomic E-state index is 0.114. The molecule has 2 aromatic rings. The first-order valence-corrected chi connectivity index (χ1v) is 10.8. The number of benzene rings is 2. The summed E-state index contributed by atoms with van der Waals surface area (Å²) < 4.78 is 0. The topological polar surface area (TPSA) is 123 Å². The smallest absolute Gasteiger partial charge is 0.240 e. The molecule has 0 spiro atoms. The fourth-order valence-electron chi connectivity index (χ4n) is 2.93. The van der Waals surface area contributed by atoms with E-state index in [-0.39, 0.29) is 23.3 Å². The highest BCUT2D eigenvalue weighted by Crippen LogP contribution is 2.13. The van der Waals surface area contributed by atoms with Crippen molar-refractivity contribution >= 4 is 24.2 Å². The van der Waals surface area contributed by atoms with Gasteiger partial charge in [-0.1, -0.05) is 49.9 Å². The predicted octanol–water partition coefficient (Wildman–Crippen LogP) is 3.82. The number of aromatic hydroxyl groups is 2. The molecule has 0 atom stereocenters. The van der Waals surface area contributed by atoms with Crippen LogP contribution in [0.1, 0.15) is 62.5 Å². The van der Waals surface area contributed by atoms with Crippen molar-refractivity contribution in [3.8, 4) is 11.5 Å². The zero-order chi connectivity index (χ0) is 23.0. The molecule has 0 aliphatic rings. The van der Waals surface area contributed by atoms with Gasteiger partial charge in [0.15, 0.2) is 0 Å². The van der Waals surface area contributed by atoms with Gasteiger partial charge in [-0.3, -0.25) is 9.59 Å². The molecule has 0 heterocycles. The fourth-order valence-corrected chi connectivity index (χ4v) is 2.93. The van der Waals surface area contributed by atoms with Crippen LogP contribution in [0, 0.1) is 0 Å². The molecular weight excluding hydrogens is 408 g/mol. The average Bonchev–Trinajstić information content (AvgIpc) is 2.78. The number of hydrazone groups is 2. The van der Waals surface area contributed by atoms with Crippen LogP contribution in [0.15, 0.2) is 58.7 Å². The zero-order valence-electron chi connectivity index (χ0n) is 18.0. The number of para-hydroxylation sites is 2. The molecule has 2 amide bonds. The lowest BCUT2D eigenvalue weighted by atomic mass is 10.1. The molecule has 170 valence electrons. The maximum Gasteiger partial charge on any atom is 0.240 e. The summed E-state index contributed by atoms with van der Waals surface area (Å²) in [5, 5.41) is 26.9. The van der Waals surface area contributed by atoms with E-state index >= 15 is 0 Å². The van der Waals surface area contributed by atoms with Gasteiger partial charge in [0.2, 0.25) is 11.8 Å². The van der Waals surface area contributed by atoms with Crippen LogP contribution >= 0.6 is 0 Å². The second kappa shape index (κ2) is 14.3. The van der Waals surface area contributed by atoms with Crippen LogP contribution < -0.4 is 10.9 Å². The highest BCUT2D eigenvalue weighted by Gasteiger charge is 2.02. The Morgan fingerprint density at radius 1 is 0.656 bits per heavy atom. The number of nitrogens with one attached hydrogen (secondary N) is 2. The molecule has 0 fully saturated rings. The molecule has 0 aliphatic carbocycles. The molecule has 0 radical (unpaired) electrons. The monoisotopic (exact) mass is 438 g/mol. The van der Waals surface area contributed by atoms with E-state index in [0.29, 0.717) is 24.0 Å². The van der Waals surface area contributed by atoms with Gasteiger partial charge in [0.25, 0.3) is 0 Å². The SMILES string of the molecule is O=C(CCCCCCCCC(=O)NN=Cc1ccccc1O)NN=Cc1ccccc1O. The van der Waals surface area contributed by atoms with E-state index in [1.807, 2.05) is 0 Å². The molecule has 0 aliphatic heterocycles. The molecule has 0 saturated heterocycles. The summed E-state index contributed by atoms with van der Waals surface area (Å²) >= 11 is 0. The van der Waals surface area contributed by atoms with Gasteiger partial charge >= 0.3 is 0 Å². The van der Waals surface area contributed by atoms with Crippen LogP contribution in [0.4, 0.5) is 0 Å². The van der Waals surface area contributed by atoms with Gasteiger partial charge < -0.3 is 10.2 Å². The highest BCUT2D eigenvalue weighted by molar-refractivity contribution is 5.85. The van der Waals surface area contributed by atoms with Crippen LogP contribution in [0.2, 0.25) is 0 Å². The molecular formula is C24H30N4O4. The Hall–Kier alpha value is -3.68. The lowest BCUT2D eigenvalue weighted by Gasteiger charge is -2.03. The number of unbranched alkanes of at least 4 members (excludes halogenated alkanes) is 5. The lowest BCUT2D eigenvalue weighted by molar-refractivity contribution is -0.122. The second-order valence-electron chi connectivity index (χ2n) is 7.33. The number of carbonyl (C=O) groups is 2. The number of rotatable bonds is 13. The Balaban J connectivity index is 1.45. The maximum atomic E-state index is 11.8. The van der Waals surface area contributed by atoms with Crippen molar-refractivity contribution in [2.75, 3.05) is 0 Å². The number of nitrogens with zero attached hydrogens (tertiary/aromatic N) is 2. The van der Waals surface area contributed by atoms with Crippen molar-refractivity contribution in [2.24, 2.45) is 10.2 Å². The Morgan fingerprint density at radius 2 is 1.03 bits per heavy atom. The van der Waals surface area contributed by atoms with Gasteiger partial charge in [-0.15, -0.1) is 0 Å². The summed E-state index contributed by atoms with van der Waals surface area (Å²) in [5.74, 6) is -0.0817. The van der Waals surface area contributed by atoms with Gasteiger partial charge in [-0.25, -0.2) is 10.9 Å². The first kappa shape index (κ1) is 24.6. The third kappa shape index (κ3) is 9.88. The Bertz CT molecular complexity index is 852. The molecule has 0 bridgehead atoms. The van der Waals surface area contributed by atoms with Crippen LogP contribution in [-0.4, -0.2) is 34.5 Å². The molecule has 32 heavy (non-hydrogen) atoms. The van der Waals surface area contributed by atoms with E-state index in [0.717, 1.165) is 38.5 Å². The summed E-state index contributed by atoms with van der Waals surface area (Å²) in [5.41, 5.74) is 6.01. The Morgan fingerprint density at radius 3 is 1.44 bits per heavy atom. The zero-order valence-corrected chi connectivity index (χ0v) is 18.0. The molecule has 8 nitrogen and oxygen atoms in total. The second-order valence-corrected chi connectivity index (χ2v) is 7.33. The number of phenolic OH excluding ortho intramolecular Hbond substituents is 2. The highest BCUT2D eigenvalue weighted by atomic mass is 16.3. The normalized spacial score (nSPS) is 11.1. The number of amides is 2. The first-order chi connectivity index (χ1) is 15.6. The first-order valence-electron chi connectivity index (χ1n) is 10.8. The molecule has 2 aromatic carbocycles. The number of hydrogen-bond acceptors (Lipinski definition) is 6. The van der Waals surface area contributed by atoms with E-state index in [1.54, 1.807) is 48.5 Å². The van der Waals surface area contributed by atoms with Crippen LogP contribution in [0.25, 0.3) is 0 Å². The average molecular weight is 439 g/mol. The molecule has 4 N–H and O–H groups in total. The Labute approximate surface area is 188 Å². The maximum absolute atomic E-state index is 11.8. The summed E-state index contributed by atoms with van der Waals surface area (Å²) in [4.78, 5) is 23.5. The van der Waals surface area contributed by atoms with Gasteiger partial charge in [0.1, 0.15) is 11.5 Å². The fraction of sp³-hybridized carbons (Fsp3) is 0.333. The largest absolute Gasteiger partial charge is 0.507 e. The van der Waals surface area contributed by atoms with E-state index in [4.69, 9.17) is 0 Å². The molecule has 0 aromatic heterocycles. The van der Waals surface area contributed by atoms with Crippen LogP contribution in [0.3, 0.4) is 0 Å². The Kier molecular flexibility index (Phi) is 11.0. The van der Waals surface area contributed by atoms with Crippen LogP contribution in [-0.2, 0) is 9.59 Å². The summed E-state index contributed by atoms with van der Waals surface area (Å²) in [7, 11) is 0. The minimum atomic E-state index is -0.155. The quantitative estimate of drug-likeness (QED) is 0.216. The van der Waals surface area contributed by atoms with Crippen molar-refractivity contribution in [3.05, 3.63) is 59.7 Å². The van der Waals surface area contributed by atoms with Gasteiger partial charge in [-0.2, -0.15) is 10.2 Å². The van der Waals surface area contributed by atoms with E-state index in [2.05, 4.69) is 21.1 Å². The number of phenols is 2. The minimum Gasteiger partial charge on any atom is -0.507 e. The summed E-state index contributed by atoms with van der Waals surface area (Å²) in [6.07, 6.45) is 9.06. The summed E-state index contributed by atoms with van der Waals surface area (Å²) in [6.45, 7) is 0. The van der Waals surface area contributed by atoms with E-state index in [1.165, 1.54) is 12.4 Å². The van der Waals surface area contributed by atoms with Gasteiger partial charge in [0, 0.05) is 24.0 Å². The molecule has 0 saturated carbocycles. The molecule has 8 heteroatoms. The number of carbonyl (C=O) groups excluding carboxylic acids is 2. The third-order valence-corrected chi connectivity index (χ3v) is 4.72. The summed E-state index contributed by atoms with van der Waals surface area (Å²) in [6, 6.07) is 13.5. The van der Waals surface area contributed by atoms with Gasteiger partial charge in [-0.05, 0) is 37.1 Å². The molecule has 2 rings (SSSR count). The van der Waals surface area contributed by atoms with Gasteiger partial charge in [0.05, 0.1) is 12.4 Å². The van der Waals surface area contributed by atoms with Crippen molar-refractivity contribution in [2.45, 2.75) is 51.4 Å². The van der Waals surface area contributed by atoms with E-state index < -0.39 is 0 Å². The van der Waals surface area contributed by atoms with Crippen LogP contribution in [0.5, 0.6) is 11.5 Å². The third-order valence-electron chi connectivity index (χ3n) is 4.72. The van der Waals surface area contributed by atoms with Crippen molar-refractivity contribution in [3.63, 3.8) is 0 Å². The molecule has 0 unspecified atom stereocenters. The predicted molar refractivity (Wildman–Crippen MR) is 125 cm³/mol. The van der Waals surface area contributed by atoms with Crippen molar-refractivity contribution in [1.29, 1.82) is 0 Å².